The van der Waals surface area contributed by atoms with Crippen LogP contribution in [0.2, 0.25) is 0 Å². The summed E-state index contributed by atoms with van der Waals surface area (Å²) in [6.45, 7) is 13.6. The number of allylic oxidation sites excluding steroid dienone is 2. The van der Waals surface area contributed by atoms with Crippen molar-refractivity contribution in [3.63, 3.8) is 0 Å². The molecular formula is C18H30MnP2. The first-order chi connectivity index (χ1) is 9.41. The summed E-state index contributed by atoms with van der Waals surface area (Å²) in [6.07, 6.45) is 11.2. The summed E-state index contributed by atoms with van der Waals surface area (Å²) in [6, 6.07) is 8.24. The van der Waals surface area contributed by atoms with Gasteiger partial charge in [0.2, 0.25) is 0 Å². The molecule has 1 aliphatic carbocycles. The smallest absolute Gasteiger partial charge is 0.229 e. The minimum absolute atomic E-state index is 0. The Morgan fingerprint density at radius 1 is 1.10 bits per heavy atom. The van der Waals surface area contributed by atoms with E-state index in [1.54, 1.807) is 0 Å². The van der Waals surface area contributed by atoms with Gasteiger partial charge in [-0.05, 0) is 39.0 Å². The molecule has 1 aromatic carbocycles. The van der Waals surface area contributed by atoms with Crippen LogP contribution >= 0.6 is 15.8 Å². The Bertz CT molecular complexity index is 321. The van der Waals surface area contributed by atoms with Crippen LogP contribution < -0.4 is 0 Å². The first-order valence-corrected chi connectivity index (χ1v) is 11.9. The molecule has 0 fully saturated rings. The topological polar surface area (TPSA) is 0 Å². The van der Waals surface area contributed by atoms with Crippen molar-refractivity contribution in [3.05, 3.63) is 60.7 Å². The summed E-state index contributed by atoms with van der Waals surface area (Å²) in [5.74, 6) is 1.34. The zero-order valence-corrected chi connectivity index (χ0v) is 17.3. The van der Waals surface area contributed by atoms with Crippen molar-refractivity contribution in [1.29, 1.82) is 0 Å². The molecule has 0 spiro atoms. The fourth-order valence-corrected chi connectivity index (χ4v) is 4.54. The number of hydrogen-bond donors (Lipinski definition) is 0. The Morgan fingerprint density at radius 2 is 1.67 bits per heavy atom. The van der Waals surface area contributed by atoms with Crippen molar-refractivity contribution in [1.82, 2.24) is 0 Å². The van der Waals surface area contributed by atoms with Gasteiger partial charge in [0.15, 0.2) is 0 Å². The SMILES string of the molecule is CP(C)CCP(C)C.C[C-]1[CH][CH]C=C1.Cc1ccc[cH-]1.[Mn+2]. The second kappa shape index (κ2) is 15.2. The van der Waals surface area contributed by atoms with E-state index in [0.29, 0.717) is 15.8 Å². The molecule has 0 unspecified atom stereocenters. The third-order valence-electron chi connectivity index (χ3n) is 2.65. The van der Waals surface area contributed by atoms with E-state index >= 15 is 0 Å². The zero-order valence-electron chi connectivity index (χ0n) is 14.3. The van der Waals surface area contributed by atoms with Crippen LogP contribution in [-0.4, -0.2) is 39.0 Å². The van der Waals surface area contributed by atoms with Gasteiger partial charge in [-0.2, -0.15) is 17.7 Å². The predicted octanol–water partition coefficient (Wildman–Crippen LogP) is 5.74. The molecule has 1 aliphatic rings. The molecule has 0 saturated carbocycles. The second-order valence-corrected chi connectivity index (χ2v) is 10.7. The maximum absolute atomic E-state index is 2.36. The third-order valence-corrected chi connectivity index (χ3v) is 5.24. The molecule has 0 heterocycles. The van der Waals surface area contributed by atoms with Crippen molar-refractivity contribution >= 4 is 15.8 Å². The van der Waals surface area contributed by atoms with E-state index in [2.05, 4.69) is 65.1 Å². The number of rotatable bonds is 3. The summed E-state index contributed by atoms with van der Waals surface area (Å²) < 4.78 is 0. The minimum Gasteiger partial charge on any atom is -0.229 e. The minimum atomic E-state index is 0. The Balaban J connectivity index is 0. The van der Waals surface area contributed by atoms with Gasteiger partial charge in [-0.1, -0.05) is 6.92 Å². The van der Waals surface area contributed by atoms with Gasteiger partial charge in [-0.15, -0.1) is 35.6 Å². The molecule has 3 radical (unpaired) electrons. The summed E-state index contributed by atoms with van der Waals surface area (Å²) in [5.41, 5.74) is 1.34. The average Bonchev–Trinajstić information content (AvgIpc) is 3.02. The van der Waals surface area contributed by atoms with Crippen LogP contribution in [0, 0.1) is 25.7 Å². The number of aryl methyl sites for hydroxylation is 1. The first kappa shape index (κ1) is 23.6. The van der Waals surface area contributed by atoms with Crippen molar-refractivity contribution in [2.75, 3.05) is 39.0 Å². The molecule has 0 nitrogen and oxygen atoms in total. The van der Waals surface area contributed by atoms with Gasteiger partial charge in [0, 0.05) is 0 Å². The van der Waals surface area contributed by atoms with Gasteiger partial charge in [-0.25, -0.2) is 30.2 Å². The quantitative estimate of drug-likeness (QED) is 0.365. The summed E-state index contributed by atoms with van der Waals surface area (Å²) in [4.78, 5) is 0. The van der Waals surface area contributed by atoms with Crippen molar-refractivity contribution in [2.24, 2.45) is 0 Å². The standard InChI is InChI=1S/C6H16P2.2C6H7.Mn/c1-7(2)5-6-8(3)4;2*1-6-4-2-3-5-6;/h5-6H2,1-4H3;2*2-5H,1H3;/q;2*-1;+2. The Hall–Kier alpha value is 0.339. The van der Waals surface area contributed by atoms with Gasteiger partial charge < -0.3 is 0 Å². The maximum Gasteiger partial charge on any atom is 2.00 e. The fourth-order valence-electron chi connectivity index (χ4n) is 1.34. The van der Waals surface area contributed by atoms with Gasteiger partial charge in [0.1, 0.15) is 0 Å². The van der Waals surface area contributed by atoms with Gasteiger partial charge in [0.25, 0.3) is 0 Å². The molecule has 1 aromatic rings. The third kappa shape index (κ3) is 18.3. The fraction of sp³-hybridized carbons (Fsp3) is 0.444. The molecule has 2 rings (SSSR count). The molecule has 0 saturated heterocycles. The normalized spacial score (nSPS) is 12.5. The van der Waals surface area contributed by atoms with E-state index in [1.165, 1.54) is 23.8 Å². The molecular weight excluding hydrogens is 333 g/mol. The van der Waals surface area contributed by atoms with Gasteiger partial charge in [0.05, 0.1) is 0 Å². The molecule has 0 N–H and O–H groups in total. The van der Waals surface area contributed by atoms with Crippen molar-refractivity contribution in [2.45, 2.75) is 13.8 Å². The molecule has 3 heteroatoms. The summed E-state index contributed by atoms with van der Waals surface area (Å²) in [7, 11) is 0.766. The summed E-state index contributed by atoms with van der Waals surface area (Å²) in [5, 5.41) is 0. The van der Waals surface area contributed by atoms with Crippen LogP contribution in [0.25, 0.3) is 0 Å². The molecule has 0 aromatic heterocycles. The Labute approximate surface area is 146 Å². The Morgan fingerprint density at radius 3 is 1.81 bits per heavy atom. The van der Waals surface area contributed by atoms with E-state index in [4.69, 9.17) is 0 Å². The van der Waals surface area contributed by atoms with E-state index < -0.39 is 0 Å². The number of hydrogen-bond acceptors (Lipinski definition) is 0. The van der Waals surface area contributed by atoms with Crippen LogP contribution in [0.1, 0.15) is 12.5 Å². The zero-order chi connectivity index (χ0) is 15.4. The van der Waals surface area contributed by atoms with E-state index in [1.807, 2.05) is 24.6 Å². The van der Waals surface area contributed by atoms with Crippen molar-refractivity contribution in [3.8, 4) is 0 Å². The molecule has 119 valence electrons. The second-order valence-electron chi connectivity index (χ2n) is 5.53. The van der Waals surface area contributed by atoms with E-state index in [9.17, 15) is 0 Å². The van der Waals surface area contributed by atoms with Gasteiger partial charge in [-0.3, -0.25) is 0 Å². The maximum atomic E-state index is 2.36. The molecule has 0 atom stereocenters. The Kier molecular flexibility index (Phi) is 17.1. The summed E-state index contributed by atoms with van der Waals surface area (Å²) >= 11 is 0. The van der Waals surface area contributed by atoms with Crippen LogP contribution in [0.3, 0.4) is 0 Å². The van der Waals surface area contributed by atoms with Crippen LogP contribution in [0.4, 0.5) is 0 Å². The van der Waals surface area contributed by atoms with Gasteiger partial charge >= 0.3 is 17.1 Å². The predicted molar refractivity (Wildman–Crippen MR) is 101 cm³/mol. The first-order valence-electron chi connectivity index (χ1n) is 7.08. The monoisotopic (exact) mass is 363 g/mol. The molecule has 21 heavy (non-hydrogen) atoms. The average molecular weight is 363 g/mol. The largest absolute Gasteiger partial charge is 2.00 e. The molecule has 0 amide bonds. The van der Waals surface area contributed by atoms with Crippen LogP contribution in [0.15, 0.2) is 36.4 Å². The van der Waals surface area contributed by atoms with E-state index in [-0.39, 0.29) is 17.1 Å². The van der Waals surface area contributed by atoms with Crippen LogP contribution in [0.5, 0.6) is 0 Å². The molecule has 0 bridgehead atoms. The van der Waals surface area contributed by atoms with Crippen molar-refractivity contribution < 1.29 is 17.1 Å². The van der Waals surface area contributed by atoms with Crippen LogP contribution in [-0.2, 0) is 17.1 Å². The molecule has 0 aliphatic heterocycles. The van der Waals surface area contributed by atoms with E-state index in [0.717, 1.165) is 0 Å².